The largest absolute Gasteiger partial charge is 0.494 e. The number of carbonyl (C=O) groups excluding carboxylic acids is 4. The van der Waals surface area contributed by atoms with Gasteiger partial charge in [0, 0.05) is 45.5 Å². The number of oxazole rings is 2. The summed E-state index contributed by atoms with van der Waals surface area (Å²) in [5.74, 6) is 4.85. The van der Waals surface area contributed by atoms with E-state index in [-0.39, 0.29) is 55.3 Å². The van der Waals surface area contributed by atoms with Gasteiger partial charge in [-0.15, -0.1) is 0 Å². The topological polar surface area (TPSA) is 283 Å². The van der Waals surface area contributed by atoms with Gasteiger partial charge in [-0.25, -0.2) is 25.8 Å². The van der Waals surface area contributed by atoms with Gasteiger partial charge >= 0.3 is 0 Å². The Bertz CT molecular complexity index is 2510. The average Bonchev–Trinajstić information content (AvgIpc) is 4.02. The summed E-state index contributed by atoms with van der Waals surface area (Å²) in [7, 11) is 1.46. The highest BCUT2D eigenvalue weighted by Gasteiger charge is 2.25. The smallest absolute Gasteiger partial charge is 0.295 e. The van der Waals surface area contributed by atoms with Crippen molar-refractivity contribution in [3.8, 4) is 11.5 Å². The normalized spacial score (nSPS) is 10.9. The first-order valence-electron chi connectivity index (χ1n) is 19.6. The summed E-state index contributed by atoms with van der Waals surface area (Å²) >= 11 is 0. The number of primary amides is 1. The quantitative estimate of drug-likeness (QED) is 0.0182. The summed E-state index contributed by atoms with van der Waals surface area (Å²) in [6.45, 7) is 13.6. The number of fused-ring (bicyclic) bond motifs is 2. The number of allylic oxidation sites excluding steroid dienone is 2. The summed E-state index contributed by atoms with van der Waals surface area (Å²) < 4.78 is 26.6. The minimum Gasteiger partial charge on any atom is -0.494 e. The summed E-state index contributed by atoms with van der Waals surface area (Å²) in [4.78, 5) is 66.2. The fourth-order valence-electron chi connectivity index (χ4n) is 6.25. The predicted molar refractivity (Wildman–Crippen MR) is 227 cm³/mol. The van der Waals surface area contributed by atoms with Crippen LogP contribution in [0.15, 0.2) is 45.3 Å². The van der Waals surface area contributed by atoms with Crippen LogP contribution in [0.4, 0.5) is 11.9 Å². The Balaban J connectivity index is 0.00000129. The van der Waals surface area contributed by atoms with Gasteiger partial charge in [0.15, 0.2) is 11.8 Å². The number of amides is 4. The maximum absolute atomic E-state index is 13.5. The molecule has 0 saturated carbocycles. The molecule has 4 heterocycles. The van der Waals surface area contributed by atoms with E-state index in [1.165, 1.54) is 19.2 Å². The maximum atomic E-state index is 13.5. The van der Waals surface area contributed by atoms with Gasteiger partial charge in [0.05, 0.1) is 36.1 Å². The Morgan fingerprint density at radius 3 is 1.74 bits per heavy atom. The molecule has 0 aliphatic carbocycles. The lowest BCUT2D eigenvalue weighted by Gasteiger charge is -2.13. The molecule has 6 rings (SSSR count). The fourth-order valence-corrected chi connectivity index (χ4v) is 6.25. The lowest BCUT2D eigenvalue weighted by molar-refractivity contribution is -0.109. The molecule has 2 aromatic carbocycles. The highest BCUT2D eigenvalue weighted by Crippen LogP contribution is 2.33. The zero-order valence-corrected chi connectivity index (χ0v) is 35.5. The van der Waals surface area contributed by atoms with Gasteiger partial charge in [-0.1, -0.05) is 39.8 Å². The van der Waals surface area contributed by atoms with Crippen molar-refractivity contribution < 1.29 is 42.6 Å². The van der Waals surface area contributed by atoms with Crippen LogP contribution < -0.4 is 37.1 Å². The number of hydrazine groups is 1. The van der Waals surface area contributed by atoms with E-state index in [9.17, 15) is 19.5 Å². The van der Waals surface area contributed by atoms with Gasteiger partial charge in [0.2, 0.25) is 35.7 Å². The van der Waals surface area contributed by atoms with Gasteiger partial charge in [-0.2, -0.15) is 0 Å². The molecular weight excluding hydrogens is 791 g/mol. The minimum atomic E-state index is -0.667. The SMILES string of the molecule is CC.CCc1nc(C)oc1C(=O)Nc1nc2cc(C(N)=O)cc(OC)c2n1C/C=C/Cn1c(NC(=O)c2oc(C)nc2CC)nc2cc(C)cc(OCCCO)c21.NNC=O. The van der Waals surface area contributed by atoms with E-state index in [2.05, 4.69) is 31.4 Å². The monoisotopic (exact) mass is 843 g/mol. The molecule has 0 aliphatic heterocycles. The molecule has 4 amide bonds. The van der Waals surface area contributed by atoms with Crippen molar-refractivity contribution in [2.75, 3.05) is 31.0 Å². The highest BCUT2D eigenvalue weighted by atomic mass is 16.5. The van der Waals surface area contributed by atoms with Crippen molar-refractivity contribution >= 4 is 58.1 Å². The molecular formula is C41H53N11O9. The van der Waals surface area contributed by atoms with Crippen LogP contribution in [0.1, 0.15) is 94.3 Å². The molecule has 20 heteroatoms. The number of nitrogens with zero attached hydrogens (tertiary/aromatic N) is 6. The zero-order chi connectivity index (χ0) is 44.8. The molecule has 0 bridgehead atoms. The number of anilines is 2. The van der Waals surface area contributed by atoms with Crippen LogP contribution in [0.25, 0.3) is 22.1 Å². The van der Waals surface area contributed by atoms with E-state index in [4.69, 9.17) is 33.8 Å². The number of imidazole rings is 2. The number of rotatable bonds is 17. The van der Waals surface area contributed by atoms with E-state index in [0.29, 0.717) is 82.4 Å². The van der Waals surface area contributed by atoms with Crippen LogP contribution >= 0.6 is 0 Å². The van der Waals surface area contributed by atoms with Gasteiger partial charge in [-0.3, -0.25) is 35.2 Å². The van der Waals surface area contributed by atoms with Gasteiger partial charge in [0.1, 0.15) is 22.5 Å². The van der Waals surface area contributed by atoms with Crippen molar-refractivity contribution in [3.05, 3.63) is 82.2 Å². The first kappa shape index (κ1) is 46.6. The maximum Gasteiger partial charge on any atom is 0.295 e. The number of nitrogens with two attached hydrogens (primary N) is 2. The second-order valence-electron chi connectivity index (χ2n) is 12.9. The Morgan fingerprint density at radius 1 is 0.803 bits per heavy atom. The number of aliphatic hydroxyl groups excluding tert-OH is 1. The number of nitrogens with one attached hydrogen (secondary N) is 3. The molecule has 326 valence electrons. The van der Waals surface area contributed by atoms with Crippen molar-refractivity contribution in [2.24, 2.45) is 11.6 Å². The first-order valence-corrected chi connectivity index (χ1v) is 19.6. The molecule has 0 radical (unpaired) electrons. The summed E-state index contributed by atoms with van der Waals surface area (Å²) in [5.41, 5.74) is 11.5. The molecule has 4 aromatic heterocycles. The van der Waals surface area contributed by atoms with Crippen molar-refractivity contribution in [1.82, 2.24) is 34.5 Å². The van der Waals surface area contributed by atoms with Gasteiger partial charge in [-0.05, 0) is 49.6 Å². The molecule has 8 N–H and O–H groups in total. The third-order valence-corrected chi connectivity index (χ3v) is 8.77. The molecule has 61 heavy (non-hydrogen) atoms. The fraction of sp³-hybridized carbons (Fsp3) is 0.366. The van der Waals surface area contributed by atoms with Gasteiger partial charge in [0.25, 0.3) is 11.8 Å². The second kappa shape index (κ2) is 21.8. The Hall–Kier alpha value is -7.06. The standard InChI is InChI=1S/C38H43N9O8.C2H6.CH4N2O/c1-7-24-32(54-21(4)40-24)35(50)44-37-42-26-16-20(3)17-29(53-15-11-14-48)31(26)47(37)13-10-9-12-46-30-27(18-23(34(39)49)19-28(30)52-6)43-38(46)45-36(51)33-25(8-2)41-22(5)55-33;1-2;2-3-1-4/h9-10,16-19,48H,7-8,11-15H2,1-6H3,(H2,39,49)(H,42,44,50)(H,43,45,51);1-2H3;1H,2H2,(H,3,4)/b10-9+;;. The molecule has 6 aromatic rings. The summed E-state index contributed by atoms with van der Waals surface area (Å²) in [6, 6.07) is 6.81. The van der Waals surface area contributed by atoms with Crippen molar-refractivity contribution in [1.29, 1.82) is 0 Å². The Morgan fingerprint density at radius 2 is 1.30 bits per heavy atom. The molecule has 20 nitrogen and oxygen atoms in total. The minimum absolute atomic E-state index is 0.0353. The van der Waals surface area contributed by atoms with E-state index >= 15 is 0 Å². The lowest BCUT2D eigenvalue weighted by Crippen LogP contribution is -2.18. The van der Waals surface area contributed by atoms with Crippen LogP contribution in [0.3, 0.4) is 0 Å². The van der Waals surface area contributed by atoms with Crippen LogP contribution in [0.5, 0.6) is 11.5 Å². The van der Waals surface area contributed by atoms with Crippen LogP contribution in [-0.2, 0) is 30.7 Å². The van der Waals surface area contributed by atoms with E-state index < -0.39 is 17.7 Å². The summed E-state index contributed by atoms with van der Waals surface area (Å²) in [6.07, 6.45) is 5.52. The number of methoxy groups -OCH3 is 1. The van der Waals surface area contributed by atoms with Crippen LogP contribution in [-0.4, -0.2) is 78.6 Å². The van der Waals surface area contributed by atoms with Crippen molar-refractivity contribution in [3.63, 3.8) is 0 Å². The number of benzene rings is 2. The average molecular weight is 844 g/mol. The number of aliphatic hydroxyl groups is 1. The molecule has 0 unspecified atom stereocenters. The molecule has 0 saturated heterocycles. The lowest BCUT2D eigenvalue weighted by atomic mass is 10.1. The molecule has 0 fully saturated rings. The molecule has 0 aliphatic rings. The second-order valence-corrected chi connectivity index (χ2v) is 12.9. The molecule has 0 spiro atoms. The van der Waals surface area contributed by atoms with E-state index in [0.717, 1.165) is 5.56 Å². The number of aryl methyl sites for hydroxylation is 5. The first-order chi connectivity index (χ1) is 29.4. The predicted octanol–water partition coefficient (Wildman–Crippen LogP) is 4.67. The van der Waals surface area contributed by atoms with Crippen LogP contribution in [0, 0.1) is 20.8 Å². The van der Waals surface area contributed by atoms with Crippen molar-refractivity contribution in [2.45, 2.75) is 80.8 Å². The highest BCUT2D eigenvalue weighted by molar-refractivity contribution is 6.04. The molecule has 0 atom stereocenters. The van der Waals surface area contributed by atoms with E-state index in [1.807, 2.05) is 58.9 Å². The third-order valence-electron chi connectivity index (χ3n) is 8.77. The third kappa shape index (κ3) is 11.0. The summed E-state index contributed by atoms with van der Waals surface area (Å²) in [5, 5.41) is 15.1. The zero-order valence-electron chi connectivity index (χ0n) is 35.5. The Kier molecular flexibility index (Phi) is 16.7. The number of hydrogen-bond donors (Lipinski definition) is 6. The van der Waals surface area contributed by atoms with E-state index in [1.54, 1.807) is 28.4 Å². The number of carbonyl (C=O) groups is 4. The Labute approximate surface area is 351 Å². The number of ether oxygens (including phenoxy) is 2. The number of hydrogen-bond acceptors (Lipinski definition) is 14. The van der Waals surface area contributed by atoms with Gasteiger partial charge < -0.3 is 38.3 Å². The number of aromatic nitrogens is 6. The van der Waals surface area contributed by atoms with Crippen LogP contribution in [0.2, 0.25) is 0 Å².